The van der Waals surface area contributed by atoms with Gasteiger partial charge in [0.15, 0.2) is 0 Å². The second-order valence-corrected chi connectivity index (χ2v) is 5.31. The highest BCUT2D eigenvalue weighted by Gasteiger charge is 2.30. The standard InChI is InChI=1S/C14H20N4O.ClH/c19-14(13-9-16-10-13)18-7-5-17(6-8-18)11-12-1-3-15-4-2-12;/h1-4,13,16H,5-11H2;1H. The Kier molecular flexibility index (Phi) is 5.34. The molecule has 2 aliphatic heterocycles. The van der Waals surface area contributed by atoms with Crippen LogP contribution in [-0.4, -0.2) is 60.0 Å². The molecule has 0 bridgehead atoms. The van der Waals surface area contributed by atoms with E-state index in [0.29, 0.717) is 5.91 Å². The molecule has 6 heteroatoms. The number of halogens is 1. The molecule has 0 aromatic carbocycles. The van der Waals surface area contributed by atoms with Crippen LogP contribution in [-0.2, 0) is 11.3 Å². The van der Waals surface area contributed by atoms with Crippen LogP contribution in [0.25, 0.3) is 0 Å². The van der Waals surface area contributed by atoms with Crippen LogP contribution in [0.4, 0.5) is 0 Å². The molecule has 3 rings (SSSR count). The molecule has 1 aromatic heterocycles. The van der Waals surface area contributed by atoms with Gasteiger partial charge in [-0.25, -0.2) is 0 Å². The summed E-state index contributed by atoms with van der Waals surface area (Å²) in [7, 11) is 0. The summed E-state index contributed by atoms with van der Waals surface area (Å²) in [4.78, 5) is 20.6. The van der Waals surface area contributed by atoms with Gasteiger partial charge in [-0.15, -0.1) is 12.4 Å². The minimum absolute atomic E-state index is 0. The molecular weight excluding hydrogens is 276 g/mol. The normalized spacial score (nSPS) is 20.1. The zero-order valence-corrected chi connectivity index (χ0v) is 12.3. The van der Waals surface area contributed by atoms with Gasteiger partial charge in [-0.05, 0) is 17.7 Å². The van der Waals surface area contributed by atoms with E-state index in [1.807, 2.05) is 17.3 Å². The van der Waals surface area contributed by atoms with E-state index in [1.54, 1.807) is 0 Å². The van der Waals surface area contributed by atoms with Gasteiger partial charge in [-0.1, -0.05) is 0 Å². The number of pyridine rings is 1. The fourth-order valence-corrected chi connectivity index (χ4v) is 2.59. The molecule has 2 aliphatic rings. The Balaban J connectivity index is 0.00000147. The third kappa shape index (κ3) is 3.48. The summed E-state index contributed by atoms with van der Waals surface area (Å²) in [5, 5.41) is 3.16. The number of piperazine rings is 1. The third-order valence-electron chi connectivity index (χ3n) is 3.97. The SMILES string of the molecule is Cl.O=C(C1CNC1)N1CCN(Cc2ccncc2)CC1. The van der Waals surface area contributed by atoms with Crippen LogP contribution in [0.5, 0.6) is 0 Å². The van der Waals surface area contributed by atoms with E-state index in [2.05, 4.69) is 27.3 Å². The van der Waals surface area contributed by atoms with E-state index in [1.165, 1.54) is 5.56 Å². The Hall–Kier alpha value is -1.17. The van der Waals surface area contributed by atoms with Crippen LogP contribution < -0.4 is 5.32 Å². The molecule has 0 atom stereocenters. The zero-order valence-electron chi connectivity index (χ0n) is 11.5. The fraction of sp³-hybridized carbons (Fsp3) is 0.571. The maximum atomic E-state index is 12.1. The van der Waals surface area contributed by atoms with Crippen molar-refractivity contribution < 1.29 is 4.79 Å². The van der Waals surface area contributed by atoms with Crippen molar-refractivity contribution in [3.05, 3.63) is 30.1 Å². The molecule has 1 amide bonds. The van der Waals surface area contributed by atoms with Crippen LogP contribution in [0.2, 0.25) is 0 Å². The first-order valence-electron chi connectivity index (χ1n) is 6.94. The molecule has 1 N–H and O–H groups in total. The van der Waals surface area contributed by atoms with Crippen molar-refractivity contribution in [2.45, 2.75) is 6.54 Å². The lowest BCUT2D eigenvalue weighted by atomic mass is 10.0. The highest BCUT2D eigenvalue weighted by molar-refractivity contribution is 5.85. The number of aromatic nitrogens is 1. The number of amides is 1. The van der Waals surface area contributed by atoms with E-state index < -0.39 is 0 Å². The Bertz CT molecular complexity index is 430. The lowest BCUT2D eigenvalue weighted by Gasteiger charge is -2.38. The maximum Gasteiger partial charge on any atom is 0.228 e. The van der Waals surface area contributed by atoms with E-state index >= 15 is 0 Å². The largest absolute Gasteiger partial charge is 0.340 e. The average molecular weight is 297 g/mol. The molecule has 1 aromatic rings. The minimum atomic E-state index is 0. The molecule has 0 unspecified atom stereocenters. The maximum absolute atomic E-state index is 12.1. The van der Waals surface area contributed by atoms with E-state index in [-0.39, 0.29) is 18.3 Å². The summed E-state index contributed by atoms with van der Waals surface area (Å²) in [6, 6.07) is 4.11. The number of carbonyl (C=O) groups is 1. The quantitative estimate of drug-likeness (QED) is 0.875. The summed E-state index contributed by atoms with van der Waals surface area (Å²) in [6.45, 7) is 6.32. The van der Waals surface area contributed by atoms with Gasteiger partial charge in [-0.3, -0.25) is 14.7 Å². The van der Waals surface area contributed by atoms with Crippen LogP contribution in [0.3, 0.4) is 0 Å². The molecule has 3 heterocycles. The molecule has 5 nitrogen and oxygen atoms in total. The number of nitrogens with one attached hydrogen (secondary N) is 1. The predicted octanol–water partition coefficient (Wildman–Crippen LogP) is 0.367. The summed E-state index contributed by atoms with van der Waals surface area (Å²) in [5.74, 6) is 0.564. The van der Waals surface area contributed by atoms with Gasteiger partial charge in [0.1, 0.15) is 0 Å². The topological polar surface area (TPSA) is 48.5 Å². The van der Waals surface area contributed by atoms with Crippen molar-refractivity contribution in [1.29, 1.82) is 0 Å². The van der Waals surface area contributed by atoms with Gasteiger partial charge in [0.05, 0.1) is 5.92 Å². The van der Waals surface area contributed by atoms with Crippen molar-refractivity contribution in [3.8, 4) is 0 Å². The first kappa shape index (κ1) is 15.2. The van der Waals surface area contributed by atoms with Crippen molar-refractivity contribution in [3.63, 3.8) is 0 Å². The Morgan fingerprint density at radius 2 is 1.85 bits per heavy atom. The number of rotatable bonds is 3. The third-order valence-corrected chi connectivity index (χ3v) is 3.97. The first-order chi connectivity index (χ1) is 9.33. The number of hydrogen-bond donors (Lipinski definition) is 1. The first-order valence-corrected chi connectivity index (χ1v) is 6.94. The van der Waals surface area contributed by atoms with Crippen LogP contribution >= 0.6 is 12.4 Å². The Morgan fingerprint density at radius 3 is 2.40 bits per heavy atom. The molecule has 0 saturated carbocycles. The lowest BCUT2D eigenvalue weighted by Crippen LogP contribution is -2.56. The highest BCUT2D eigenvalue weighted by Crippen LogP contribution is 2.12. The fourth-order valence-electron chi connectivity index (χ4n) is 2.59. The second kappa shape index (κ2) is 7.02. The minimum Gasteiger partial charge on any atom is -0.340 e. The molecule has 2 fully saturated rings. The van der Waals surface area contributed by atoms with Gasteiger partial charge in [0.25, 0.3) is 0 Å². The van der Waals surface area contributed by atoms with Crippen LogP contribution in [0.15, 0.2) is 24.5 Å². The van der Waals surface area contributed by atoms with E-state index in [4.69, 9.17) is 0 Å². The van der Waals surface area contributed by atoms with Crippen molar-refractivity contribution >= 4 is 18.3 Å². The van der Waals surface area contributed by atoms with Crippen LogP contribution in [0.1, 0.15) is 5.56 Å². The smallest absolute Gasteiger partial charge is 0.228 e. The van der Waals surface area contributed by atoms with Crippen molar-refractivity contribution in [2.75, 3.05) is 39.3 Å². The number of nitrogens with zero attached hydrogens (tertiary/aromatic N) is 3. The lowest BCUT2D eigenvalue weighted by molar-refractivity contribution is -0.138. The van der Waals surface area contributed by atoms with Crippen molar-refractivity contribution in [1.82, 2.24) is 20.1 Å². The summed E-state index contributed by atoms with van der Waals surface area (Å²) in [5.41, 5.74) is 1.29. The van der Waals surface area contributed by atoms with Gasteiger partial charge in [0, 0.05) is 58.2 Å². The molecule has 110 valence electrons. The Morgan fingerprint density at radius 1 is 1.20 bits per heavy atom. The molecule has 20 heavy (non-hydrogen) atoms. The van der Waals surface area contributed by atoms with Crippen molar-refractivity contribution in [2.24, 2.45) is 5.92 Å². The molecule has 0 radical (unpaired) electrons. The predicted molar refractivity (Wildman–Crippen MR) is 79.7 cm³/mol. The number of carbonyl (C=O) groups excluding carboxylic acids is 1. The zero-order chi connectivity index (χ0) is 13.1. The van der Waals surface area contributed by atoms with Gasteiger partial charge in [0.2, 0.25) is 5.91 Å². The monoisotopic (exact) mass is 296 g/mol. The van der Waals surface area contributed by atoms with Gasteiger partial charge >= 0.3 is 0 Å². The second-order valence-electron chi connectivity index (χ2n) is 5.31. The Labute approximate surface area is 125 Å². The van der Waals surface area contributed by atoms with Gasteiger partial charge in [-0.2, -0.15) is 0 Å². The molecule has 2 saturated heterocycles. The van der Waals surface area contributed by atoms with Crippen LogP contribution in [0, 0.1) is 5.92 Å². The van der Waals surface area contributed by atoms with Gasteiger partial charge < -0.3 is 10.2 Å². The molecule has 0 aliphatic carbocycles. The molecular formula is C14H21ClN4O. The van der Waals surface area contributed by atoms with E-state index in [0.717, 1.165) is 45.8 Å². The summed E-state index contributed by atoms with van der Waals surface area (Å²) in [6.07, 6.45) is 3.66. The highest BCUT2D eigenvalue weighted by atomic mass is 35.5. The summed E-state index contributed by atoms with van der Waals surface area (Å²) < 4.78 is 0. The average Bonchev–Trinajstić information content (AvgIpc) is 2.39. The molecule has 0 spiro atoms. The summed E-state index contributed by atoms with van der Waals surface area (Å²) >= 11 is 0. The van der Waals surface area contributed by atoms with E-state index in [9.17, 15) is 4.79 Å². The number of hydrogen-bond acceptors (Lipinski definition) is 4.